The Bertz CT molecular complexity index is 375. The summed E-state index contributed by atoms with van der Waals surface area (Å²) < 4.78 is 12.8. The van der Waals surface area contributed by atoms with Crippen LogP contribution in [0.25, 0.3) is 0 Å². The molecule has 0 amide bonds. The Kier molecular flexibility index (Phi) is 4.85. The second-order valence-electron chi connectivity index (χ2n) is 3.25. The number of carbonyl (C=O) groups is 1. The van der Waals surface area contributed by atoms with Crippen LogP contribution in [0.3, 0.4) is 0 Å². The van der Waals surface area contributed by atoms with E-state index in [1.807, 2.05) is 0 Å². The smallest absolute Gasteiger partial charge is 0.185 e. The molecule has 2 atom stereocenters. The zero-order chi connectivity index (χ0) is 12.1. The van der Waals surface area contributed by atoms with Crippen molar-refractivity contribution in [1.29, 1.82) is 0 Å². The Morgan fingerprint density at radius 2 is 2.25 bits per heavy atom. The van der Waals surface area contributed by atoms with Crippen molar-refractivity contribution in [2.24, 2.45) is 0 Å². The van der Waals surface area contributed by atoms with E-state index in [-0.39, 0.29) is 16.4 Å². The van der Waals surface area contributed by atoms with Gasteiger partial charge in [-0.2, -0.15) is 0 Å². The van der Waals surface area contributed by atoms with E-state index in [0.717, 1.165) is 24.0 Å². The number of pyridine rings is 1. The summed E-state index contributed by atoms with van der Waals surface area (Å²) in [5.74, 6) is -0.518. The Hall–Kier alpha value is -0.980. The van der Waals surface area contributed by atoms with E-state index in [1.165, 1.54) is 13.1 Å². The number of hydrogen-bond acceptors (Lipinski definition) is 5. The van der Waals surface area contributed by atoms with E-state index in [9.17, 15) is 19.4 Å². The fourth-order valence-corrected chi connectivity index (χ4v) is 1.69. The SMILES string of the molecule is CC(=O)SCC(O)C(O)c1cncc(F)c1. The van der Waals surface area contributed by atoms with Gasteiger partial charge in [0, 0.05) is 24.4 Å². The van der Waals surface area contributed by atoms with Gasteiger partial charge in [-0.25, -0.2) is 4.39 Å². The maximum atomic E-state index is 12.8. The molecule has 2 N–H and O–H groups in total. The molecule has 0 spiro atoms. The quantitative estimate of drug-likeness (QED) is 0.824. The van der Waals surface area contributed by atoms with E-state index in [0.29, 0.717) is 0 Å². The van der Waals surface area contributed by atoms with Crippen molar-refractivity contribution in [1.82, 2.24) is 4.98 Å². The van der Waals surface area contributed by atoms with E-state index >= 15 is 0 Å². The third kappa shape index (κ3) is 3.88. The number of thioether (sulfide) groups is 1. The number of aliphatic hydroxyl groups excluding tert-OH is 2. The van der Waals surface area contributed by atoms with Gasteiger partial charge in [0.1, 0.15) is 11.9 Å². The summed E-state index contributed by atoms with van der Waals surface area (Å²) in [6.45, 7) is 1.37. The number of carbonyl (C=O) groups excluding carboxylic acids is 1. The zero-order valence-corrected chi connectivity index (χ0v) is 9.45. The molecule has 0 aromatic carbocycles. The molecule has 0 saturated heterocycles. The van der Waals surface area contributed by atoms with Gasteiger partial charge in [-0.05, 0) is 6.07 Å². The van der Waals surface area contributed by atoms with Gasteiger partial charge >= 0.3 is 0 Å². The lowest BCUT2D eigenvalue weighted by Crippen LogP contribution is -2.21. The van der Waals surface area contributed by atoms with Crippen LogP contribution in [-0.4, -0.2) is 32.2 Å². The number of halogens is 1. The van der Waals surface area contributed by atoms with E-state index in [2.05, 4.69) is 4.98 Å². The molecule has 88 valence electrons. The van der Waals surface area contributed by atoms with Crippen LogP contribution in [0.5, 0.6) is 0 Å². The highest BCUT2D eigenvalue weighted by molar-refractivity contribution is 8.13. The van der Waals surface area contributed by atoms with Gasteiger partial charge in [-0.3, -0.25) is 9.78 Å². The van der Waals surface area contributed by atoms with E-state index < -0.39 is 18.0 Å². The fourth-order valence-electron chi connectivity index (χ4n) is 1.11. The molecule has 0 aliphatic heterocycles. The minimum Gasteiger partial charge on any atom is -0.389 e. The van der Waals surface area contributed by atoms with Crippen LogP contribution in [0.15, 0.2) is 18.5 Å². The highest BCUT2D eigenvalue weighted by atomic mass is 32.2. The zero-order valence-electron chi connectivity index (χ0n) is 8.63. The molecule has 1 aromatic rings. The highest BCUT2D eigenvalue weighted by Gasteiger charge is 2.19. The topological polar surface area (TPSA) is 70.4 Å². The maximum Gasteiger partial charge on any atom is 0.185 e. The number of aliphatic hydroxyl groups is 2. The van der Waals surface area contributed by atoms with Crippen LogP contribution in [0, 0.1) is 5.82 Å². The average molecular weight is 245 g/mol. The molecule has 0 fully saturated rings. The van der Waals surface area contributed by atoms with Gasteiger partial charge in [-0.1, -0.05) is 11.8 Å². The molecule has 0 bridgehead atoms. The molecule has 0 radical (unpaired) electrons. The van der Waals surface area contributed by atoms with Crippen LogP contribution in [-0.2, 0) is 4.79 Å². The number of rotatable bonds is 4. The molecule has 16 heavy (non-hydrogen) atoms. The lowest BCUT2D eigenvalue weighted by Gasteiger charge is -2.16. The summed E-state index contributed by atoms with van der Waals surface area (Å²) in [6, 6.07) is 1.10. The second kappa shape index (κ2) is 5.93. The summed E-state index contributed by atoms with van der Waals surface area (Å²) >= 11 is 0.904. The molecule has 4 nitrogen and oxygen atoms in total. The largest absolute Gasteiger partial charge is 0.389 e. The maximum absolute atomic E-state index is 12.8. The summed E-state index contributed by atoms with van der Waals surface area (Å²) in [7, 11) is 0. The molecular formula is C10H12FNO3S. The van der Waals surface area contributed by atoms with Crippen molar-refractivity contribution in [2.75, 3.05) is 5.75 Å². The van der Waals surface area contributed by atoms with Crippen molar-refractivity contribution < 1.29 is 19.4 Å². The fraction of sp³-hybridized carbons (Fsp3) is 0.400. The molecule has 1 rings (SSSR count). The van der Waals surface area contributed by atoms with Gasteiger partial charge in [0.05, 0.1) is 12.3 Å². The molecule has 2 unspecified atom stereocenters. The van der Waals surface area contributed by atoms with Crippen LogP contribution in [0.2, 0.25) is 0 Å². The van der Waals surface area contributed by atoms with E-state index in [4.69, 9.17) is 0 Å². The summed E-state index contributed by atoms with van der Waals surface area (Å²) in [5, 5.41) is 19.0. The van der Waals surface area contributed by atoms with Crippen molar-refractivity contribution in [3.8, 4) is 0 Å². The third-order valence-corrected chi connectivity index (χ3v) is 2.80. The first kappa shape index (κ1) is 13.1. The second-order valence-corrected chi connectivity index (χ2v) is 4.45. The Morgan fingerprint density at radius 3 is 2.81 bits per heavy atom. The normalized spacial score (nSPS) is 14.5. The number of hydrogen-bond donors (Lipinski definition) is 2. The van der Waals surface area contributed by atoms with Crippen LogP contribution in [0.4, 0.5) is 4.39 Å². The lowest BCUT2D eigenvalue weighted by atomic mass is 10.1. The standard InChI is InChI=1S/C10H12FNO3S/c1-6(13)16-5-9(14)10(15)7-2-8(11)4-12-3-7/h2-4,9-10,14-15H,5H2,1H3. The Balaban J connectivity index is 2.62. The number of aromatic nitrogens is 1. The molecule has 1 aromatic heterocycles. The molecule has 6 heteroatoms. The molecule has 1 heterocycles. The monoisotopic (exact) mass is 245 g/mol. The van der Waals surface area contributed by atoms with Gasteiger partial charge in [0.2, 0.25) is 0 Å². The lowest BCUT2D eigenvalue weighted by molar-refractivity contribution is -0.109. The van der Waals surface area contributed by atoms with Gasteiger partial charge in [0.15, 0.2) is 5.12 Å². The van der Waals surface area contributed by atoms with Crippen molar-refractivity contribution >= 4 is 16.9 Å². The number of nitrogens with zero attached hydrogens (tertiary/aromatic N) is 1. The minimum atomic E-state index is -1.24. The summed E-state index contributed by atoms with van der Waals surface area (Å²) in [6.07, 6.45) is -0.0879. The van der Waals surface area contributed by atoms with Crippen molar-refractivity contribution in [3.63, 3.8) is 0 Å². The molecule has 0 saturated carbocycles. The van der Waals surface area contributed by atoms with Gasteiger partial charge in [-0.15, -0.1) is 0 Å². The minimum absolute atomic E-state index is 0.0625. The molecule has 0 aliphatic carbocycles. The third-order valence-electron chi connectivity index (χ3n) is 1.89. The van der Waals surface area contributed by atoms with E-state index in [1.54, 1.807) is 0 Å². The van der Waals surface area contributed by atoms with Gasteiger partial charge in [0.25, 0.3) is 0 Å². The predicted molar refractivity (Wildman–Crippen MR) is 58.3 cm³/mol. The van der Waals surface area contributed by atoms with Gasteiger partial charge < -0.3 is 10.2 Å². The van der Waals surface area contributed by atoms with Crippen LogP contribution in [0.1, 0.15) is 18.6 Å². The Morgan fingerprint density at radius 1 is 1.56 bits per heavy atom. The van der Waals surface area contributed by atoms with Crippen molar-refractivity contribution in [2.45, 2.75) is 19.1 Å². The molecule has 0 aliphatic rings. The predicted octanol–water partition coefficient (Wildman–Crippen LogP) is 0.895. The first-order chi connectivity index (χ1) is 7.50. The molecular weight excluding hydrogens is 233 g/mol. The van der Waals surface area contributed by atoms with Crippen LogP contribution < -0.4 is 0 Å². The van der Waals surface area contributed by atoms with Crippen molar-refractivity contribution in [3.05, 3.63) is 29.8 Å². The summed E-state index contributed by atoms with van der Waals surface area (Å²) in [4.78, 5) is 14.2. The summed E-state index contributed by atoms with van der Waals surface area (Å²) in [5.41, 5.74) is 0.191. The first-order valence-corrected chi connectivity index (χ1v) is 5.59. The average Bonchev–Trinajstić information content (AvgIpc) is 2.24. The van der Waals surface area contributed by atoms with Crippen LogP contribution >= 0.6 is 11.8 Å². The first-order valence-electron chi connectivity index (χ1n) is 4.60. The highest BCUT2D eigenvalue weighted by Crippen LogP contribution is 2.19. The Labute approximate surface area is 96.5 Å².